The fraction of sp³-hybridized carbons (Fsp3) is 0.667. The van der Waals surface area contributed by atoms with E-state index in [9.17, 15) is 0 Å². The van der Waals surface area contributed by atoms with Crippen molar-refractivity contribution in [2.45, 2.75) is 58.3 Å². The van der Waals surface area contributed by atoms with Gasteiger partial charge in [-0.15, -0.1) is 0 Å². The van der Waals surface area contributed by atoms with E-state index >= 15 is 0 Å². The van der Waals surface area contributed by atoms with E-state index in [1.807, 2.05) is 6.20 Å². The first-order valence-corrected chi connectivity index (χ1v) is 6.72. The maximum Gasteiger partial charge on any atom is 0.0434 e. The van der Waals surface area contributed by atoms with Crippen LogP contribution in [0.1, 0.15) is 62.6 Å². The molecule has 1 aliphatic rings. The van der Waals surface area contributed by atoms with Crippen molar-refractivity contribution in [3.8, 4) is 0 Å². The van der Waals surface area contributed by atoms with Gasteiger partial charge in [0.2, 0.25) is 0 Å². The van der Waals surface area contributed by atoms with E-state index in [1.54, 1.807) is 0 Å². The van der Waals surface area contributed by atoms with Gasteiger partial charge in [0.1, 0.15) is 0 Å². The van der Waals surface area contributed by atoms with Gasteiger partial charge in [0.25, 0.3) is 0 Å². The van der Waals surface area contributed by atoms with Crippen molar-refractivity contribution in [2.24, 2.45) is 5.92 Å². The zero-order valence-corrected chi connectivity index (χ0v) is 10.6. The molecule has 1 heterocycles. The Hall–Kier alpha value is -0.850. The van der Waals surface area contributed by atoms with Crippen LogP contribution in [0.3, 0.4) is 0 Å². The fourth-order valence-electron chi connectivity index (χ4n) is 2.88. The van der Waals surface area contributed by atoms with Gasteiger partial charge >= 0.3 is 0 Å². The second-order valence-electron chi connectivity index (χ2n) is 5.27. The molecule has 1 nitrogen and oxygen atoms in total. The first-order valence-electron chi connectivity index (χ1n) is 6.72. The van der Waals surface area contributed by atoms with Crippen LogP contribution in [0, 0.1) is 12.8 Å². The number of aryl methyl sites for hydroxylation is 1. The second-order valence-corrected chi connectivity index (χ2v) is 5.27. The Labute approximate surface area is 99.3 Å². The van der Waals surface area contributed by atoms with Crippen molar-refractivity contribution in [2.75, 3.05) is 0 Å². The fourth-order valence-corrected chi connectivity index (χ4v) is 2.88. The standard InChI is InChI=1S/C15H23N/c1-3-4-13-6-8-14(9-7-13)15-10-5-12(2)11-16-15/h5,10-11,13-14H,3-4,6-9H2,1-2H3/t13-,14-. The summed E-state index contributed by atoms with van der Waals surface area (Å²) in [5, 5.41) is 0. The maximum atomic E-state index is 4.57. The molecule has 0 saturated heterocycles. The molecule has 0 spiro atoms. The Bertz CT molecular complexity index is 307. The molecule has 0 aromatic carbocycles. The largest absolute Gasteiger partial charge is 0.261 e. The van der Waals surface area contributed by atoms with E-state index in [4.69, 9.17) is 0 Å². The van der Waals surface area contributed by atoms with Gasteiger partial charge < -0.3 is 0 Å². The zero-order valence-electron chi connectivity index (χ0n) is 10.6. The van der Waals surface area contributed by atoms with Crippen LogP contribution < -0.4 is 0 Å². The molecule has 88 valence electrons. The van der Waals surface area contributed by atoms with Gasteiger partial charge in [0, 0.05) is 17.8 Å². The minimum Gasteiger partial charge on any atom is -0.261 e. The quantitative estimate of drug-likeness (QED) is 0.728. The Balaban J connectivity index is 1.91. The molecule has 1 fully saturated rings. The SMILES string of the molecule is CCC[C@H]1CC[C@H](c2ccc(C)cn2)CC1. The predicted octanol–water partition coefficient (Wildman–Crippen LogP) is 4.46. The lowest BCUT2D eigenvalue weighted by molar-refractivity contribution is 0.305. The summed E-state index contributed by atoms with van der Waals surface area (Å²) in [6.07, 6.45) is 10.3. The highest BCUT2D eigenvalue weighted by atomic mass is 14.7. The van der Waals surface area contributed by atoms with Crippen LogP contribution in [-0.4, -0.2) is 4.98 Å². The van der Waals surface area contributed by atoms with Gasteiger partial charge in [-0.3, -0.25) is 4.98 Å². The number of rotatable bonds is 3. The highest BCUT2D eigenvalue weighted by Gasteiger charge is 2.22. The monoisotopic (exact) mass is 217 g/mol. The minimum atomic E-state index is 0.730. The summed E-state index contributed by atoms with van der Waals surface area (Å²) in [5.74, 6) is 1.72. The summed E-state index contributed by atoms with van der Waals surface area (Å²) >= 11 is 0. The Kier molecular flexibility index (Phi) is 3.98. The van der Waals surface area contributed by atoms with Crippen molar-refractivity contribution in [1.29, 1.82) is 0 Å². The van der Waals surface area contributed by atoms with Crippen molar-refractivity contribution in [1.82, 2.24) is 4.98 Å². The Morgan fingerprint density at radius 2 is 1.94 bits per heavy atom. The average Bonchev–Trinajstić information content (AvgIpc) is 2.32. The number of pyridine rings is 1. The molecule has 0 N–H and O–H groups in total. The van der Waals surface area contributed by atoms with Gasteiger partial charge in [0.05, 0.1) is 0 Å². The van der Waals surface area contributed by atoms with Crippen LogP contribution in [0.25, 0.3) is 0 Å². The lowest BCUT2D eigenvalue weighted by Crippen LogP contribution is -2.14. The number of nitrogens with zero attached hydrogens (tertiary/aromatic N) is 1. The highest BCUT2D eigenvalue weighted by molar-refractivity contribution is 5.16. The highest BCUT2D eigenvalue weighted by Crippen LogP contribution is 2.36. The summed E-state index contributed by atoms with van der Waals surface area (Å²) in [4.78, 5) is 4.57. The minimum absolute atomic E-state index is 0.730. The van der Waals surface area contributed by atoms with Gasteiger partial charge in [-0.25, -0.2) is 0 Å². The first kappa shape index (κ1) is 11.6. The molecule has 0 bridgehead atoms. The van der Waals surface area contributed by atoms with Gasteiger partial charge in [0.15, 0.2) is 0 Å². The third-order valence-electron chi connectivity index (χ3n) is 3.90. The third-order valence-corrected chi connectivity index (χ3v) is 3.90. The summed E-state index contributed by atoms with van der Waals surface area (Å²) in [7, 11) is 0. The van der Waals surface area contributed by atoms with Crippen molar-refractivity contribution >= 4 is 0 Å². The summed E-state index contributed by atoms with van der Waals surface area (Å²) in [6, 6.07) is 4.42. The van der Waals surface area contributed by atoms with Crippen LogP contribution in [0.4, 0.5) is 0 Å². The van der Waals surface area contributed by atoms with Gasteiger partial charge in [-0.05, 0) is 50.2 Å². The molecular formula is C15H23N. The van der Waals surface area contributed by atoms with Crippen LogP contribution in [0.2, 0.25) is 0 Å². The molecule has 1 aromatic heterocycles. The van der Waals surface area contributed by atoms with Crippen LogP contribution in [0.5, 0.6) is 0 Å². The average molecular weight is 217 g/mol. The molecule has 0 amide bonds. The lowest BCUT2D eigenvalue weighted by atomic mass is 9.78. The van der Waals surface area contributed by atoms with E-state index in [0.29, 0.717) is 0 Å². The molecule has 1 aromatic rings. The third kappa shape index (κ3) is 2.84. The summed E-state index contributed by atoms with van der Waals surface area (Å²) in [6.45, 7) is 4.41. The zero-order chi connectivity index (χ0) is 11.4. The van der Waals surface area contributed by atoms with Crippen LogP contribution in [-0.2, 0) is 0 Å². The number of hydrogen-bond donors (Lipinski definition) is 0. The second kappa shape index (κ2) is 5.47. The van der Waals surface area contributed by atoms with Crippen molar-refractivity contribution in [3.05, 3.63) is 29.6 Å². The Morgan fingerprint density at radius 3 is 2.50 bits per heavy atom. The van der Waals surface area contributed by atoms with E-state index in [-0.39, 0.29) is 0 Å². The smallest absolute Gasteiger partial charge is 0.0434 e. The number of aromatic nitrogens is 1. The maximum absolute atomic E-state index is 4.57. The molecule has 0 radical (unpaired) electrons. The summed E-state index contributed by atoms with van der Waals surface area (Å²) in [5.41, 5.74) is 2.59. The normalized spacial score (nSPS) is 25.6. The predicted molar refractivity (Wildman–Crippen MR) is 68.6 cm³/mol. The van der Waals surface area contributed by atoms with Gasteiger partial charge in [-0.1, -0.05) is 25.8 Å². The molecule has 0 atom stereocenters. The molecule has 0 aliphatic heterocycles. The van der Waals surface area contributed by atoms with Crippen LogP contribution >= 0.6 is 0 Å². The number of hydrogen-bond acceptors (Lipinski definition) is 1. The van der Waals surface area contributed by atoms with Crippen molar-refractivity contribution in [3.63, 3.8) is 0 Å². The van der Waals surface area contributed by atoms with Crippen molar-refractivity contribution < 1.29 is 0 Å². The van der Waals surface area contributed by atoms with E-state index in [2.05, 4.69) is 31.0 Å². The molecule has 16 heavy (non-hydrogen) atoms. The van der Waals surface area contributed by atoms with E-state index in [0.717, 1.165) is 11.8 Å². The topological polar surface area (TPSA) is 12.9 Å². The Morgan fingerprint density at radius 1 is 1.19 bits per heavy atom. The van der Waals surface area contributed by atoms with Gasteiger partial charge in [-0.2, -0.15) is 0 Å². The molecule has 1 heteroatoms. The summed E-state index contributed by atoms with van der Waals surface area (Å²) < 4.78 is 0. The lowest BCUT2D eigenvalue weighted by Gasteiger charge is -2.27. The van der Waals surface area contributed by atoms with E-state index in [1.165, 1.54) is 49.8 Å². The first-order chi connectivity index (χ1) is 7.79. The molecule has 2 rings (SSSR count). The molecule has 1 saturated carbocycles. The molecule has 1 aliphatic carbocycles. The van der Waals surface area contributed by atoms with E-state index < -0.39 is 0 Å². The van der Waals surface area contributed by atoms with Crippen LogP contribution in [0.15, 0.2) is 18.3 Å². The molecular weight excluding hydrogens is 194 g/mol. The molecule has 0 unspecified atom stereocenters.